The van der Waals surface area contributed by atoms with E-state index in [1.807, 2.05) is 0 Å². The molecule has 7 heteroatoms. The zero-order valence-electron chi connectivity index (χ0n) is 10.5. The number of halogens is 2. The molecule has 1 atom stereocenters. The number of rotatable bonds is 4. The molecule has 0 saturated heterocycles. The maximum Gasteiger partial charge on any atom is 0.329 e. The first-order chi connectivity index (χ1) is 8.80. The Morgan fingerprint density at radius 2 is 2.11 bits per heavy atom. The van der Waals surface area contributed by atoms with Gasteiger partial charge in [-0.25, -0.2) is 14.0 Å². The van der Waals surface area contributed by atoms with Gasteiger partial charge in [-0.15, -0.1) is 0 Å². The molecule has 0 radical (unpaired) electrons. The lowest BCUT2D eigenvalue weighted by molar-refractivity contribution is -0.143. The number of amides is 2. The largest absolute Gasteiger partial charge is 0.480 e. The maximum absolute atomic E-state index is 13.5. The van der Waals surface area contributed by atoms with Gasteiger partial charge in [0.25, 0.3) is 0 Å². The third-order valence-corrected chi connectivity index (χ3v) is 3.06. The zero-order valence-corrected chi connectivity index (χ0v) is 11.2. The molecule has 0 saturated carbocycles. The Morgan fingerprint density at radius 1 is 1.47 bits per heavy atom. The van der Waals surface area contributed by atoms with Crippen molar-refractivity contribution in [3.63, 3.8) is 0 Å². The van der Waals surface area contributed by atoms with Gasteiger partial charge in [0.2, 0.25) is 0 Å². The van der Waals surface area contributed by atoms with Crippen molar-refractivity contribution in [2.45, 2.75) is 25.8 Å². The van der Waals surface area contributed by atoms with Crippen LogP contribution < -0.4 is 10.6 Å². The molecule has 0 aliphatic carbocycles. The van der Waals surface area contributed by atoms with Crippen molar-refractivity contribution in [2.75, 3.05) is 5.32 Å². The zero-order chi connectivity index (χ0) is 14.6. The van der Waals surface area contributed by atoms with Crippen molar-refractivity contribution < 1.29 is 19.1 Å². The first-order valence-electron chi connectivity index (χ1n) is 5.56. The average molecular weight is 289 g/mol. The van der Waals surface area contributed by atoms with Crippen LogP contribution in [0.5, 0.6) is 0 Å². The van der Waals surface area contributed by atoms with E-state index in [4.69, 9.17) is 16.7 Å². The lowest BCUT2D eigenvalue weighted by atomic mass is 10.00. The summed E-state index contributed by atoms with van der Waals surface area (Å²) in [7, 11) is 0. The summed E-state index contributed by atoms with van der Waals surface area (Å²) >= 11 is 5.57. The summed E-state index contributed by atoms with van der Waals surface area (Å²) in [6.07, 6.45) is 0.188. The molecular formula is C12H14ClFN2O3. The minimum atomic E-state index is -1.42. The quantitative estimate of drug-likeness (QED) is 0.797. The van der Waals surface area contributed by atoms with Gasteiger partial charge in [-0.05, 0) is 25.5 Å². The molecule has 0 heterocycles. The summed E-state index contributed by atoms with van der Waals surface area (Å²) in [5.74, 6) is -1.94. The first kappa shape index (κ1) is 15.2. The van der Waals surface area contributed by atoms with E-state index in [2.05, 4.69) is 10.6 Å². The monoisotopic (exact) mass is 288 g/mol. The van der Waals surface area contributed by atoms with Crippen LogP contribution >= 0.6 is 11.6 Å². The van der Waals surface area contributed by atoms with Gasteiger partial charge in [-0.3, -0.25) is 0 Å². The predicted molar refractivity (Wildman–Crippen MR) is 69.9 cm³/mol. The number of benzene rings is 1. The molecule has 1 aromatic rings. The van der Waals surface area contributed by atoms with Gasteiger partial charge in [0.05, 0.1) is 10.7 Å². The number of carboxylic acid groups (broad SMARTS) is 1. The standard InChI is InChI=1S/C12H14ClFN2O3/c1-3-12(2,10(17)18)16-11(19)15-8-6-4-5-7(13)9(8)14/h4-6H,3H2,1-2H3,(H,17,18)(H2,15,16,19). The summed E-state index contributed by atoms with van der Waals surface area (Å²) in [4.78, 5) is 22.7. The molecular weight excluding hydrogens is 275 g/mol. The Morgan fingerprint density at radius 3 is 2.63 bits per heavy atom. The Labute approximate surface area is 114 Å². The normalized spacial score (nSPS) is 13.5. The van der Waals surface area contributed by atoms with Crippen LogP contribution in [-0.2, 0) is 4.79 Å². The number of anilines is 1. The molecule has 0 spiro atoms. The second kappa shape index (κ2) is 5.88. The van der Waals surface area contributed by atoms with E-state index in [-0.39, 0.29) is 17.1 Å². The lowest BCUT2D eigenvalue weighted by Gasteiger charge is -2.24. The molecule has 0 fully saturated rings. The second-order valence-electron chi connectivity index (χ2n) is 4.17. The number of hydrogen-bond donors (Lipinski definition) is 3. The first-order valence-corrected chi connectivity index (χ1v) is 5.94. The van der Waals surface area contributed by atoms with Crippen LogP contribution in [0.3, 0.4) is 0 Å². The van der Waals surface area contributed by atoms with Crippen molar-refractivity contribution in [1.82, 2.24) is 5.32 Å². The van der Waals surface area contributed by atoms with Gasteiger partial charge in [-0.1, -0.05) is 24.6 Å². The van der Waals surface area contributed by atoms with Crippen LogP contribution in [-0.4, -0.2) is 22.6 Å². The minimum absolute atomic E-state index is 0.117. The van der Waals surface area contributed by atoms with Gasteiger partial charge in [0, 0.05) is 0 Å². The van der Waals surface area contributed by atoms with Gasteiger partial charge in [-0.2, -0.15) is 0 Å². The van der Waals surface area contributed by atoms with E-state index in [9.17, 15) is 14.0 Å². The molecule has 5 nitrogen and oxygen atoms in total. The van der Waals surface area contributed by atoms with Crippen molar-refractivity contribution in [3.8, 4) is 0 Å². The fourth-order valence-corrected chi connectivity index (χ4v) is 1.47. The summed E-state index contributed by atoms with van der Waals surface area (Å²) in [6.45, 7) is 2.98. The molecule has 0 aliphatic heterocycles. The SMILES string of the molecule is CCC(C)(NC(=O)Nc1cccc(Cl)c1F)C(=O)O. The van der Waals surface area contributed by atoms with Crippen LogP contribution in [0.2, 0.25) is 5.02 Å². The molecule has 0 bridgehead atoms. The van der Waals surface area contributed by atoms with Gasteiger partial charge >= 0.3 is 12.0 Å². The second-order valence-corrected chi connectivity index (χ2v) is 4.58. The van der Waals surface area contributed by atoms with E-state index in [0.29, 0.717) is 0 Å². The summed E-state index contributed by atoms with van der Waals surface area (Å²) < 4.78 is 13.5. The number of hydrogen-bond acceptors (Lipinski definition) is 2. The molecule has 1 aromatic carbocycles. The fraction of sp³-hybridized carbons (Fsp3) is 0.333. The Balaban J connectivity index is 2.81. The fourth-order valence-electron chi connectivity index (χ4n) is 1.30. The van der Waals surface area contributed by atoms with E-state index in [1.165, 1.54) is 25.1 Å². The number of aliphatic carboxylic acids is 1. The van der Waals surface area contributed by atoms with E-state index in [0.717, 1.165) is 0 Å². The molecule has 1 rings (SSSR count). The van der Waals surface area contributed by atoms with Crippen molar-refractivity contribution >= 4 is 29.3 Å². The highest BCUT2D eigenvalue weighted by Gasteiger charge is 2.32. The van der Waals surface area contributed by atoms with Gasteiger partial charge < -0.3 is 15.7 Å². The molecule has 0 aromatic heterocycles. The van der Waals surface area contributed by atoms with Crippen LogP contribution in [0.25, 0.3) is 0 Å². The van der Waals surface area contributed by atoms with Gasteiger partial charge in [0.15, 0.2) is 5.82 Å². The highest BCUT2D eigenvalue weighted by atomic mass is 35.5. The van der Waals surface area contributed by atoms with E-state index < -0.39 is 23.4 Å². The number of urea groups is 1. The highest BCUT2D eigenvalue weighted by molar-refractivity contribution is 6.31. The van der Waals surface area contributed by atoms with Crippen molar-refractivity contribution in [3.05, 3.63) is 29.0 Å². The van der Waals surface area contributed by atoms with Crippen molar-refractivity contribution in [2.24, 2.45) is 0 Å². The third kappa shape index (κ3) is 3.57. The molecule has 3 N–H and O–H groups in total. The molecule has 19 heavy (non-hydrogen) atoms. The smallest absolute Gasteiger partial charge is 0.329 e. The average Bonchev–Trinajstić information content (AvgIpc) is 2.34. The van der Waals surface area contributed by atoms with E-state index in [1.54, 1.807) is 6.92 Å². The Bertz CT molecular complexity index is 510. The van der Waals surface area contributed by atoms with Crippen LogP contribution in [0.15, 0.2) is 18.2 Å². The topological polar surface area (TPSA) is 78.4 Å². The summed E-state index contributed by atoms with van der Waals surface area (Å²) in [6, 6.07) is 3.32. The molecule has 0 aliphatic rings. The van der Waals surface area contributed by atoms with Crippen molar-refractivity contribution in [1.29, 1.82) is 0 Å². The number of carboxylic acids is 1. The van der Waals surface area contributed by atoms with E-state index >= 15 is 0 Å². The Hall–Kier alpha value is -1.82. The molecule has 2 amide bonds. The molecule has 1 unspecified atom stereocenters. The third-order valence-electron chi connectivity index (χ3n) is 2.77. The predicted octanol–water partition coefficient (Wildman–Crippen LogP) is 2.85. The Kier molecular flexibility index (Phi) is 4.72. The maximum atomic E-state index is 13.5. The highest BCUT2D eigenvalue weighted by Crippen LogP contribution is 2.22. The summed E-state index contributed by atoms with van der Waals surface area (Å²) in [5, 5.41) is 13.4. The van der Waals surface area contributed by atoms with Gasteiger partial charge in [0.1, 0.15) is 5.54 Å². The molecule has 104 valence electrons. The number of carbonyl (C=O) groups is 2. The number of nitrogens with one attached hydrogen (secondary N) is 2. The summed E-state index contributed by atoms with van der Waals surface area (Å²) in [5.41, 5.74) is -1.53. The van der Waals surface area contributed by atoms with Crippen LogP contribution in [0.1, 0.15) is 20.3 Å². The van der Waals surface area contributed by atoms with Crippen LogP contribution in [0, 0.1) is 5.82 Å². The lowest BCUT2D eigenvalue weighted by Crippen LogP contribution is -2.53. The minimum Gasteiger partial charge on any atom is -0.480 e. The van der Waals surface area contributed by atoms with Crippen LogP contribution in [0.4, 0.5) is 14.9 Å². The number of carbonyl (C=O) groups excluding carboxylic acids is 1.